The van der Waals surface area contributed by atoms with E-state index >= 15 is 0 Å². The Morgan fingerprint density at radius 3 is 2.25 bits per heavy atom. The van der Waals surface area contributed by atoms with E-state index in [0.717, 1.165) is 11.1 Å². The molecule has 2 amide bonds. The van der Waals surface area contributed by atoms with Crippen molar-refractivity contribution in [3.63, 3.8) is 0 Å². The van der Waals surface area contributed by atoms with Crippen molar-refractivity contribution in [1.82, 2.24) is 5.32 Å². The molecule has 4 heteroatoms. The van der Waals surface area contributed by atoms with Gasteiger partial charge in [0.25, 0.3) is 5.91 Å². The maximum absolute atomic E-state index is 11.5. The summed E-state index contributed by atoms with van der Waals surface area (Å²) in [6, 6.07) is 5.33. The molecule has 0 bridgehead atoms. The van der Waals surface area contributed by atoms with E-state index in [1.54, 1.807) is 12.1 Å². The molecule has 1 unspecified atom stereocenters. The van der Waals surface area contributed by atoms with Crippen LogP contribution in [0.1, 0.15) is 22.6 Å². The van der Waals surface area contributed by atoms with Gasteiger partial charge in [-0.1, -0.05) is 18.2 Å². The third kappa shape index (κ3) is 1.52. The number of ketones is 1. The van der Waals surface area contributed by atoms with Gasteiger partial charge in [0.2, 0.25) is 11.7 Å². The second kappa shape index (κ2) is 3.56. The summed E-state index contributed by atoms with van der Waals surface area (Å²) in [6.07, 6.45) is 0. The normalized spacial score (nSPS) is 20.1. The third-order valence-corrected chi connectivity index (χ3v) is 2.85. The topological polar surface area (TPSA) is 63.2 Å². The number of aryl methyl sites for hydroxylation is 2. The lowest BCUT2D eigenvalue weighted by Gasteiger charge is -2.07. The number of carbonyl (C=O) groups excluding carboxylic acids is 3. The number of nitrogens with one attached hydrogen (secondary N) is 1. The van der Waals surface area contributed by atoms with Crippen LogP contribution >= 0.6 is 0 Å². The van der Waals surface area contributed by atoms with Gasteiger partial charge < -0.3 is 0 Å². The molecule has 0 aromatic heterocycles. The van der Waals surface area contributed by atoms with Crippen LogP contribution in [0, 0.1) is 13.8 Å². The van der Waals surface area contributed by atoms with Crippen LogP contribution in [0.3, 0.4) is 0 Å². The van der Waals surface area contributed by atoms with E-state index in [4.69, 9.17) is 0 Å². The maximum atomic E-state index is 11.5. The van der Waals surface area contributed by atoms with Crippen LogP contribution in [0.5, 0.6) is 0 Å². The number of imide groups is 1. The first-order chi connectivity index (χ1) is 7.50. The molecule has 82 valence electrons. The van der Waals surface area contributed by atoms with Gasteiger partial charge in [-0.05, 0) is 30.5 Å². The smallest absolute Gasteiger partial charge is 0.289 e. The number of Topliss-reactive ketones (excluding diaryl/α,β-unsaturated/α-hetero) is 1. The highest BCUT2D eigenvalue weighted by atomic mass is 16.2. The Hall–Kier alpha value is -1.97. The molecule has 1 aliphatic heterocycles. The zero-order chi connectivity index (χ0) is 11.9. The lowest BCUT2D eigenvalue weighted by Crippen LogP contribution is -2.22. The Labute approximate surface area is 92.6 Å². The fourth-order valence-electron chi connectivity index (χ4n) is 1.74. The summed E-state index contributed by atoms with van der Waals surface area (Å²) >= 11 is 0. The summed E-state index contributed by atoms with van der Waals surface area (Å²) in [7, 11) is 0. The highest BCUT2D eigenvalue weighted by Crippen LogP contribution is 2.23. The Kier molecular flexibility index (Phi) is 2.34. The van der Waals surface area contributed by atoms with Gasteiger partial charge in [-0.15, -0.1) is 0 Å². The molecule has 1 aliphatic rings. The Morgan fingerprint density at radius 1 is 1.06 bits per heavy atom. The number of hydrogen-bond acceptors (Lipinski definition) is 3. The van der Waals surface area contributed by atoms with Gasteiger partial charge in [0.15, 0.2) is 0 Å². The predicted octanol–water partition coefficient (Wildman–Crippen LogP) is 0.613. The molecule has 1 N–H and O–H groups in total. The quantitative estimate of drug-likeness (QED) is 0.426. The lowest BCUT2D eigenvalue weighted by molar-refractivity contribution is -0.135. The SMILES string of the molecule is Cc1ccc(C2C(=O)NC(=O)C2=O)cc1C. The van der Waals surface area contributed by atoms with Gasteiger partial charge >= 0.3 is 0 Å². The molecule has 1 atom stereocenters. The van der Waals surface area contributed by atoms with Crippen LogP contribution in [0.25, 0.3) is 0 Å². The fraction of sp³-hybridized carbons (Fsp3) is 0.250. The lowest BCUT2D eigenvalue weighted by atomic mass is 9.93. The fourth-order valence-corrected chi connectivity index (χ4v) is 1.74. The predicted molar refractivity (Wildman–Crippen MR) is 56.8 cm³/mol. The average Bonchev–Trinajstić information content (AvgIpc) is 2.47. The monoisotopic (exact) mass is 217 g/mol. The second-order valence-corrected chi connectivity index (χ2v) is 3.96. The Bertz CT molecular complexity index is 505. The molecular formula is C12H11NO3. The van der Waals surface area contributed by atoms with Crippen molar-refractivity contribution >= 4 is 17.6 Å². The van der Waals surface area contributed by atoms with E-state index < -0.39 is 23.5 Å². The van der Waals surface area contributed by atoms with E-state index in [-0.39, 0.29) is 0 Å². The van der Waals surface area contributed by atoms with Crippen molar-refractivity contribution in [2.45, 2.75) is 19.8 Å². The average molecular weight is 217 g/mol. The molecule has 4 nitrogen and oxygen atoms in total. The van der Waals surface area contributed by atoms with Crippen LogP contribution in [0.15, 0.2) is 18.2 Å². The van der Waals surface area contributed by atoms with Crippen molar-refractivity contribution in [1.29, 1.82) is 0 Å². The van der Waals surface area contributed by atoms with Crippen molar-refractivity contribution in [3.05, 3.63) is 34.9 Å². The number of hydrogen-bond donors (Lipinski definition) is 1. The Balaban J connectivity index is 2.45. The minimum absolute atomic E-state index is 0.529. The molecule has 1 aromatic rings. The van der Waals surface area contributed by atoms with Gasteiger partial charge in [-0.25, -0.2) is 0 Å². The maximum Gasteiger partial charge on any atom is 0.295 e. The first-order valence-electron chi connectivity index (χ1n) is 4.97. The third-order valence-electron chi connectivity index (χ3n) is 2.85. The molecule has 1 fully saturated rings. The molecule has 1 aromatic carbocycles. The van der Waals surface area contributed by atoms with E-state index in [1.165, 1.54) is 0 Å². The zero-order valence-corrected chi connectivity index (χ0v) is 9.03. The van der Waals surface area contributed by atoms with Crippen LogP contribution in [-0.2, 0) is 14.4 Å². The van der Waals surface area contributed by atoms with Crippen molar-refractivity contribution in [2.24, 2.45) is 0 Å². The second-order valence-electron chi connectivity index (χ2n) is 3.96. The number of amides is 2. The number of rotatable bonds is 1. The number of carbonyl (C=O) groups is 3. The molecular weight excluding hydrogens is 206 g/mol. The van der Waals surface area contributed by atoms with Crippen molar-refractivity contribution in [3.8, 4) is 0 Å². The van der Waals surface area contributed by atoms with E-state index in [2.05, 4.69) is 0 Å². The van der Waals surface area contributed by atoms with Gasteiger partial charge in [-0.3, -0.25) is 19.7 Å². The van der Waals surface area contributed by atoms with Gasteiger partial charge in [0.05, 0.1) is 0 Å². The summed E-state index contributed by atoms with van der Waals surface area (Å²) in [6.45, 7) is 3.85. The van der Waals surface area contributed by atoms with Crippen LogP contribution in [-0.4, -0.2) is 17.6 Å². The summed E-state index contributed by atoms with van der Waals surface area (Å²) < 4.78 is 0. The number of benzene rings is 1. The zero-order valence-electron chi connectivity index (χ0n) is 9.03. The van der Waals surface area contributed by atoms with Crippen molar-refractivity contribution < 1.29 is 14.4 Å². The molecule has 16 heavy (non-hydrogen) atoms. The molecule has 1 saturated heterocycles. The first kappa shape index (κ1) is 10.5. The molecule has 2 rings (SSSR count). The van der Waals surface area contributed by atoms with Crippen LogP contribution < -0.4 is 5.32 Å². The summed E-state index contributed by atoms with van der Waals surface area (Å²) in [4.78, 5) is 34.0. The van der Waals surface area contributed by atoms with Crippen molar-refractivity contribution in [2.75, 3.05) is 0 Å². The first-order valence-corrected chi connectivity index (χ1v) is 4.97. The van der Waals surface area contributed by atoms with Crippen LogP contribution in [0.2, 0.25) is 0 Å². The Morgan fingerprint density at radius 2 is 1.75 bits per heavy atom. The molecule has 0 radical (unpaired) electrons. The molecule has 0 saturated carbocycles. The van der Waals surface area contributed by atoms with E-state index in [0.29, 0.717) is 5.56 Å². The largest absolute Gasteiger partial charge is 0.295 e. The molecule has 1 heterocycles. The highest BCUT2D eigenvalue weighted by molar-refractivity contribution is 6.50. The minimum Gasteiger partial charge on any atom is -0.289 e. The molecule has 0 spiro atoms. The highest BCUT2D eigenvalue weighted by Gasteiger charge is 2.41. The van der Waals surface area contributed by atoms with Crippen LogP contribution in [0.4, 0.5) is 0 Å². The standard InChI is InChI=1S/C12H11NO3/c1-6-3-4-8(5-7(6)2)9-10(14)12(16)13-11(9)15/h3-5,9H,1-2H3,(H,13,15,16). The molecule has 0 aliphatic carbocycles. The van der Waals surface area contributed by atoms with E-state index in [9.17, 15) is 14.4 Å². The van der Waals surface area contributed by atoms with Gasteiger partial charge in [-0.2, -0.15) is 0 Å². The van der Waals surface area contributed by atoms with Gasteiger partial charge in [0, 0.05) is 0 Å². The van der Waals surface area contributed by atoms with E-state index in [1.807, 2.05) is 25.2 Å². The summed E-state index contributed by atoms with van der Waals surface area (Å²) in [5.41, 5.74) is 2.66. The minimum atomic E-state index is -0.966. The van der Waals surface area contributed by atoms with Gasteiger partial charge in [0.1, 0.15) is 5.92 Å². The summed E-state index contributed by atoms with van der Waals surface area (Å²) in [5.74, 6) is -2.98. The summed E-state index contributed by atoms with van der Waals surface area (Å²) in [5, 5.41) is 2.02.